The molecule has 3 N–H and O–H groups in total. The molecule has 2 amide bonds. The highest BCUT2D eigenvalue weighted by molar-refractivity contribution is 6.32. The Kier molecular flexibility index (Phi) is 6.67. The topological polar surface area (TPSA) is 103 Å². The van der Waals surface area contributed by atoms with E-state index in [4.69, 9.17) is 16.3 Å². The highest BCUT2D eigenvalue weighted by Gasteiger charge is 2.38. The molecular formula is C22H29ClN4O4. The van der Waals surface area contributed by atoms with E-state index in [2.05, 4.69) is 15.6 Å². The third-order valence-electron chi connectivity index (χ3n) is 6.23. The number of ether oxygens (including phenoxy) is 1. The second kappa shape index (κ2) is 9.44. The molecule has 0 aromatic heterocycles. The molecule has 9 heteroatoms. The van der Waals surface area contributed by atoms with Crippen LogP contribution in [0.2, 0.25) is 5.02 Å². The summed E-state index contributed by atoms with van der Waals surface area (Å²) in [4.78, 5) is 30.3. The number of rotatable bonds is 8. The van der Waals surface area contributed by atoms with E-state index in [1.54, 1.807) is 11.0 Å². The summed E-state index contributed by atoms with van der Waals surface area (Å²) in [6, 6.07) is 2.90. The standard InChI is InChI=1S/C22H29ClN4O4/c1-13(6-7-20(29)24-10-14-4-2-3-5-14)31-19-8-15-11-27-18(12-28)21(30)26-22(27)25-17(15)9-16(19)23/h8-9,13-14,18,28H,2-7,10-12H2,1H3,(H,24,29)(H,25,26,30). The molecule has 0 spiro atoms. The molecule has 0 bridgehead atoms. The number of amides is 2. The van der Waals surface area contributed by atoms with Gasteiger partial charge in [0.25, 0.3) is 5.91 Å². The van der Waals surface area contributed by atoms with Gasteiger partial charge in [-0.15, -0.1) is 0 Å². The number of aliphatic hydroxyl groups excluding tert-OH is 1. The molecule has 2 heterocycles. The van der Waals surface area contributed by atoms with E-state index >= 15 is 0 Å². The zero-order valence-electron chi connectivity index (χ0n) is 17.7. The van der Waals surface area contributed by atoms with Gasteiger partial charge in [0.15, 0.2) is 0 Å². The average molecular weight is 449 g/mol. The minimum Gasteiger partial charge on any atom is -0.489 e. The van der Waals surface area contributed by atoms with Crippen LogP contribution in [0.1, 0.15) is 51.0 Å². The third-order valence-corrected chi connectivity index (χ3v) is 6.52. The van der Waals surface area contributed by atoms with Crippen molar-refractivity contribution in [1.82, 2.24) is 15.5 Å². The maximum Gasteiger partial charge on any atom is 0.251 e. The van der Waals surface area contributed by atoms with Crippen molar-refractivity contribution in [3.63, 3.8) is 0 Å². The normalized spacial score (nSPS) is 21.3. The fourth-order valence-electron chi connectivity index (χ4n) is 4.39. The van der Waals surface area contributed by atoms with Gasteiger partial charge in [-0.25, -0.2) is 4.99 Å². The molecule has 0 radical (unpaired) electrons. The molecule has 2 fully saturated rings. The number of carbonyl (C=O) groups excluding carboxylic acids is 2. The van der Waals surface area contributed by atoms with Crippen molar-refractivity contribution >= 4 is 35.1 Å². The van der Waals surface area contributed by atoms with Crippen molar-refractivity contribution < 1.29 is 19.4 Å². The van der Waals surface area contributed by atoms with E-state index in [9.17, 15) is 14.7 Å². The first-order valence-electron chi connectivity index (χ1n) is 11.0. The maximum absolute atomic E-state index is 12.1. The zero-order chi connectivity index (χ0) is 22.0. The summed E-state index contributed by atoms with van der Waals surface area (Å²) >= 11 is 6.40. The molecule has 2 atom stereocenters. The first-order chi connectivity index (χ1) is 14.9. The smallest absolute Gasteiger partial charge is 0.251 e. The monoisotopic (exact) mass is 448 g/mol. The van der Waals surface area contributed by atoms with E-state index in [-0.39, 0.29) is 24.5 Å². The molecule has 2 aliphatic heterocycles. The lowest BCUT2D eigenvalue weighted by molar-refractivity contribution is -0.123. The lowest BCUT2D eigenvalue weighted by Crippen LogP contribution is -2.39. The first-order valence-corrected chi connectivity index (χ1v) is 11.3. The number of aliphatic hydroxyl groups is 1. The van der Waals surface area contributed by atoms with Crippen LogP contribution in [0.5, 0.6) is 5.75 Å². The van der Waals surface area contributed by atoms with Crippen molar-refractivity contribution in [3.8, 4) is 5.75 Å². The third kappa shape index (κ3) is 4.96. The molecule has 2 unspecified atom stereocenters. The van der Waals surface area contributed by atoms with Gasteiger partial charge in [-0.1, -0.05) is 24.4 Å². The van der Waals surface area contributed by atoms with Gasteiger partial charge in [0.1, 0.15) is 11.8 Å². The van der Waals surface area contributed by atoms with Crippen molar-refractivity contribution in [2.45, 2.75) is 64.1 Å². The molecule has 1 aromatic carbocycles. The average Bonchev–Trinajstić information content (AvgIpc) is 3.36. The van der Waals surface area contributed by atoms with Crippen molar-refractivity contribution in [2.75, 3.05) is 13.2 Å². The van der Waals surface area contributed by atoms with E-state index in [1.165, 1.54) is 25.7 Å². The molecule has 31 heavy (non-hydrogen) atoms. The van der Waals surface area contributed by atoms with Crippen LogP contribution in [0.25, 0.3) is 0 Å². The Labute approximate surface area is 187 Å². The van der Waals surface area contributed by atoms with Crippen LogP contribution < -0.4 is 15.4 Å². The highest BCUT2D eigenvalue weighted by Crippen LogP contribution is 2.37. The van der Waals surface area contributed by atoms with Gasteiger partial charge in [-0.2, -0.15) is 0 Å². The van der Waals surface area contributed by atoms with Gasteiger partial charge in [-0.3, -0.25) is 14.9 Å². The predicted molar refractivity (Wildman–Crippen MR) is 117 cm³/mol. The molecule has 3 aliphatic rings. The van der Waals surface area contributed by atoms with Crippen LogP contribution in [0.15, 0.2) is 17.1 Å². The van der Waals surface area contributed by atoms with E-state index in [1.807, 2.05) is 13.0 Å². The highest BCUT2D eigenvalue weighted by atomic mass is 35.5. The minimum atomic E-state index is -0.645. The molecule has 8 nitrogen and oxygen atoms in total. The summed E-state index contributed by atoms with van der Waals surface area (Å²) in [5, 5.41) is 15.7. The number of carbonyl (C=O) groups is 2. The predicted octanol–water partition coefficient (Wildman–Crippen LogP) is 2.49. The minimum absolute atomic E-state index is 0.0574. The van der Waals surface area contributed by atoms with Gasteiger partial charge >= 0.3 is 0 Å². The number of fused-ring (bicyclic) bond motifs is 2. The van der Waals surface area contributed by atoms with E-state index in [0.717, 1.165) is 12.1 Å². The van der Waals surface area contributed by atoms with Crippen LogP contribution in [-0.4, -0.2) is 53.1 Å². The Hall–Kier alpha value is -2.32. The Morgan fingerprint density at radius 2 is 2.19 bits per heavy atom. The fourth-order valence-corrected chi connectivity index (χ4v) is 4.59. The number of guanidine groups is 1. The lowest BCUT2D eigenvalue weighted by Gasteiger charge is -2.27. The molecule has 4 rings (SSSR count). The van der Waals surface area contributed by atoms with Crippen molar-refractivity contribution in [2.24, 2.45) is 10.9 Å². The summed E-state index contributed by atoms with van der Waals surface area (Å²) < 4.78 is 6.01. The second-order valence-corrected chi connectivity index (χ2v) is 8.99. The maximum atomic E-state index is 12.1. The Balaban J connectivity index is 1.33. The molecule has 1 saturated heterocycles. The molecule has 1 aromatic rings. The Morgan fingerprint density at radius 3 is 2.94 bits per heavy atom. The Bertz CT molecular complexity index is 885. The van der Waals surface area contributed by atoms with Crippen LogP contribution >= 0.6 is 11.6 Å². The number of halogens is 1. The van der Waals surface area contributed by atoms with Gasteiger partial charge in [0.05, 0.1) is 23.4 Å². The number of nitrogens with zero attached hydrogens (tertiary/aromatic N) is 2. The first kappa shape index (κ1) is 21.9. The SMILES string of the molecule is CC(CCC(=O)NCC1CCCC1)Oc1cc2c(cc1Cl)N=C1NC(=O)C(CO)N1C2. The fraction of sp³-hybridized carbons (Fsp3) is 0.591. The number of benzene rings is 1. The van der Waals surface area contributed by atoms with Crippen molar-refractivity contribution in [3.05, 3.63) is 22.7 Å². The van der Waals surface area contributed by atoms with Gasteiger partial charge < -0.3 is 20.1 Å². The number of aliphatic imine (C=N–C) groups is 1. The lowest BCUT2D eigenvalue weighted by atomic mass is 10.1. The van der Waals surface area contributed by atoms with Crippen LogP contribution in [-0.2, 0) is 16.1 Å². The molecule has 1 aliphatic carbocycles. The summed E-state index contributed by atoms with van der Waals surface area (Å²) in [6.45, 7) is 2.83. The summed E-state index contributed by atoms with van der Waals surface area (Å²) in [6.07, 6.45) is 5.77. The summed E-state index contributed by atoms with van der Waals surface area (Å²) in [5.74, 6) is 1.37. The number of hydrogen-bond donors (Lipinski definition) is 3. The summed E-state index contributed by atoms with van der Waals surface area (Å²) in [5.41, 5.74) is 1.53. The van der Waals surface area contributed by atoms with Gasteiger partial charge in [0, 0.05) is 25.1 Å². The quantitative estimate of drug-likeness (QED) is 0.567. The van der Waals surface area contributed by atoms with Crippen LogP contribution in [0, 0.1) is 5.92 Å². The zero-order valence-corrected chi connectivity index (χ0v) is 18.5. The van der Waals surface area contributed by atoms with E-state index < -0.39 is 6.04 Å². The van der Waals surface area contributed by atoms with Gasteiger partial charge in [-0.05, 0) is 44.2 Å². The summed E-state index contributed by atoms with van der Waals surface area (Å²) in [7, 11) is 0. The Morgan fingerprint density at radius 1 is 1.42 bits per heavy atom. The van der Waals surface area contributed by atoms with E-state index in [0.29, 0.717) is 47.7 Å². The number of hydrogen-bond acceptors (Lipinski definition) is 6. The second-order valence-electron chi connectivity index (χ2n) is 8.58. The molecule has 1 saturated carbocycles. The van der Waals surface area contributed by atoms with Gasteiger partial charge in [0.2, 0.25) is 11.9 Å². The van der Waals surface area contributed by atoms with Crippen molar-refractivity contribution in [1.29, 1.82) is 0 Å². The van der Waals surface area contributed by atoms with Crippen LogP contribution in [0.4, 0.5) is 5.69 Å². The molecular weight excluding hydrogens is 420 g/mol. The molecule has 168 valence electrons. The largest absolute Gasteiger partial charge is 0.489 e. The number of nitrogens with one attached hydrogen (secondary N) is 2. The van der Waals surface area contributed by atoms with Crippen LogP contribution in [0.3, 0.4) is 0 Å².